The molecule has 1 aromatic rings. The zero-order valence-electron chi connectivity index (χ0n) is 7.41. The standard InChI is InChI=1S/C9H10N3OS/c10-6-11-9(14)12-8(13)7-4-2-1-3-5-7/h1-5,10H,6H2,(H2,11,12,13,14). The summed E-state index contributed by atoms with van der Waals surface area (Å²) in [7, 11) is 0. The molecule has 0 saturated heterocycles. The number of carbonyl (C=O) groups excluding carboxylic acids is 1. The number of hydrogen-bond donors (Lipinski definition) is 2. The molecule has 0 heterocycles. The largest absolute Gasteiger partial charge is 0.349 e. The molecule has 5 heteroatoms. The van der Waals surface area contributed by atoms with E-state index in [2.05, 4.69) is 10.6 Å². The third kappa shape index (κ3) is 3.12. The Bertz CT molecular complexity index is 326. The van der Waals surface area contributed by atoms with Crippen molar-refractivity contribution in [3.63, 3.8) is 0 Å². The second kappa shape index (κ2) is 5.31. The summed E-state index contributed by atoms with van der Waals surface area (Å²) < 4.78 is 0. The van der Waals surface area contributed by atoms with Crippen LogP contribution in [0.2, 0.25) is 0 Å². The number of nitrogens with one attached hydrogen (secondary N) is 3. The highest BCUT2D eigenvalue weighted by Crippen LogP contribution is 1.97. The Morgan fingerprint density at radius 2 is 2.00 bits per heavy atom. The van der Waals surface area contributed by atoms with Gasteiger partial charge in [-0.15, -0.1) is 0 Å². The number of carbonyl (C=O) groups is 1. The molecule has 0 spiro atoms. The molecule has 1 amide bonds. The summed E-state index contributed by atoms with van der Waals surface area (Å²) in [5, 5.41) is 5.15. The SMILES string of the molecule is [NH]CNC(=S)NC(=O)c1ccccc1. The highest BCUT2D eigenvalue weighted by Gasteiger charge is 2.05. The highest BCUT2D eigenvalue weighted by molar-refractivity contribution is 7.80. The summed E-state index contributed by atoms with van der Waals surface area (Å²) in [5.74, 6) is -0.267. The molecular formula is C9H10N3OS. The molecule has 0 aromatic heterocycles. The molecule has 73 valence electrons. The van der Waals surface area contributed by atoms with Gasteiger partial charge in [0.05, 0.1) is 6.67 Å². The van der Waals surface area contributed by atoms with Crippen molar-refractivity contribution in [1.82, 2.24) is 16.4 Å². The van der Waals surface area contributed by atoms with Crippen LogP contribution in [0, 0.1) is 0 Å². The van der Waals surface area contributed by atoms with E-state index in [1.807, 2.05) is 6.07 Å². The second-order valence-corrected chi connectivity index (χ2v) is 2.91. The van der Waals surface area contributed by atoms with E-state index in [1.54, 1.807) is 24.3 Å². The average molecular weight is 208 g/mol. The summed E-state index contributed by atoms with van der Waals surface area (Å²) >= 11 is 4.77. The lowest BCUT2D eigenvalue weighted by Crippen LogP contribution is -2.39. The first-order valence-electron chi connectivity index (χ1n) is 4.03. The minimum atomic E-state index is -0.267. The smallest absolute Gasteiger partial charge is 0.257 e. The minimum absolute atomic E-state index is 0.0477. The number of benzene rings is 1. The zero-order valence-corrected chi connectivity index (χ0v) is 8.23. The molecule has 0 aliphatic carbocycles. The predicted molar refractivity (Wildman–Crippen MR) is 57.6 cm³/mol. The van der Waals surface area contributed by atoms with Gasteiger partial charge in [-0.2, -0.15) is 0 Å². The average Bonchev–Trinajstić information content (AvgIpc) is 2.19. The van der Waals surface area contributed by atoms with Gasteiger partial charge in [0.1, 0.15) is 0 Å². The van der Waals surface area contributed by atoms with E-state index in [9.17, 15) is 4.79 Å². The fraction of sp³-hybridized carbons (Fsp3) is 0.111. The molecular weight excluding hydrogens is 198 g/mol. The van der Waals surface area contributed by atoms with Crippen molar-refractivity contribution in [2.24, 2.45) is 0 Å². The summed E-state index contributed by atoms with van der Waals surface area (Å²) in [6.45, 7) is -0.0477. The van der Waals surface area contributed by atoms with Gasteiger partial charge >= 0.3 is 0 Å². The van der Waals surface area contributed by atoms with Gasteiger partial charge in [0, 0.05) is 5.56 Å². The van der Waals surface area contributed by atoms with E-state index in [0.717, 1.165) is 0 Å². The van der Waals surface area contributed by atoms with Crippen LogP contribution >= 0.6 is 12.2 Å². The quantitative estimate of drug-likeness (QED) is 0.697. The fourth-order valence-corrected chi connectivity index (χ4v) is 1.05. The monoisotopic (exact) mass is 208 g/mol. The van der Waals surface area contributed by atoms with Crippen molar-refractivity contribution in [3.05, 3.63) is 35.9 Å². The van der Waals surface area contributed by atoms with Crippen LogP contribution in [-0.2, 0) is 0 Å². The maximum Gasteiger partial charge on any atom is 0.257 e. The Balaban J connectivity index is 2.55. The molecule has 0 atom stereocenters. The van der Waals surface area contributed by atoms with E-state index >= 15 is 0 Å². The number of hydrogen-bond acceptors (Lipinski definition) is 2. The predicted octanol–water partition coefficient (Wildman–Crippen LogP) is 0.531. The molecule has 0 fully saturated rings. The molecule has 0 saturated carbocycles. The van der Waals surface area contributed by atoms with Gasteiger partial charge in [0.25, 0.3) is 5.91 Å². The Morgan fingerprint density at radius 1 is 1.36 bits per heavy atom. The van der Waals surface area contributed by atoms with E-state index in [-0.39, 0.29) is 17.7 Å². The highest BCUT2D eigenvalue weighted by atomic mass is 32.1. The Labute approximate surface area is 87.5 Å². The van der Waals surface area contributed by atoms with Gasteiger partial charge in [-0.3, -0.25) is 10.1 Å². The lowest BCUT2D eigenvalue weighted by molar-refractivity contribution is 0.0976. The third-order valence-electron chi connectivity index (χ3n) is 1.51. The Kier molecular flexibility index (Phi) is 4.03. The second-order valence-electron chi connectivity index (χ2n) is 2.50. The summed E-state index contributed by atoms with van der Waals surface area (Å²) in [6.07, 6.45) is 0. The van der Waals surface area contributed by atoms with Crippen molar-refractivity contribution in [2.75, 3.05) is 6.67 Å². The zero-order chi connectivity index (χ0) is 10.4. The molecule has 0 aliphatic rings. The molecule has 1 aromatic carbocycles. The molecule has 0 unspecified atom stereocenters. The maximum atomic E-state index is 11.4. The van der Waals surface area contributed by atoms with Crippen LogP contribution in [0.3, 0.4) is 0 Å². The Morgan fingerprint density at radius 3 is 2.57 bits per heavy atom. The van der Waals surface area contributed by atoms with E-state index < -0.39 is 0 Å². The maximum absolute atomic E-state index is 11.4. The number of amides is 1. The van der Waals surface area contributed by atoms with Crippen molar-refractivity contribution < 1.29 is 4.79 Å². The summed E-state index contributed by atoms with van der Waals surface area (Å²) in [6, 6.07) is 8.76. The summed E-state index contributed by atoms with van der Waals surface area (Å²) in [5.41, 5.74) is 7.38. The van der Waals surface area contributed by atoms with Crippen LogP contribution in [0.1, 0.15) is 10.4 Å². The fourth-order valence-electron chi connectivity index (χ4n) is 0.889. The van der Waals surface area contributed by atoms with Gasteiger partial charge in [-0.1, -0.05) is 18.2 Å². The van der Waals surface area contributed by atoms with E-state index in [4.69, 9.17) is 18.0 Å². The van der Waals surface area contributed by atoms with Crippen molar-refractivity contribution >= 4 is 23.2 Å². The Hall–Kier alpha value is -1.46. The molecule has 0 bridgehead atoms. The first-order chi connectivity index (χ1) is 6.74. The van der Waals surface area contributed by atoms with E-state index in [0.29, 0.717) is 5.56 Å². The lowest BCUT2D eigenvalue weighted by Gasteiger charge is -2.06. The van der Waals surface area contributed by atoms with Gasteiger partial charge in [-0.05, 0) is 24.4 Å². The summed E-state index contributed by atoms with van der Waals surface area (Å²) in [4.78, 5) is 11.4. The van der Waals surface area contributed by atoms with Gasteiger partial charge < -0.3 is 5.32 Å². The van der Waals surface area contributed by atoms with Crippen LogP contribution in [0.5, 0.6) is 0 Å². The van der Waals surface area contributed by atoms with Gasteiger partial charge in [0.2, 0.25) is 0 Å². The number of rotatable bonds is 2. The molecule has 14 heavy (non-hydrogen) atoms. The minimum Gasteiger partial charge on any atom is -0.349 e. The van der Waals surface area contributed by atoms with Gasteiger partial charge in [0.15, 0.2) is 5.11 Å². The topological polar surface area (TPSA) is 64.9 Å². The van der Waals surface area contributed by atoms with Crippen LogP contribution in [-0.4, -0.2) is 17.7 Å². The first kappa shape index (κ1) is 10.6. The molecule has 3 N–H and O–H groups in total. The molecule has 1 radical (unpaired) electrons. The van der Waals surface area contributed by atoms with Crippen LogP contribution in [0.4, 0.5) is 0 Å². The molecule has 4 nitrogen and oxygen atoms in total. The van der Waals surface area contributed by atoms with E-state index in [1.165, 1.54) is 0 Å². The first-order valence-corrected chi connectivity index (χ1v) is 4.43. The number of thiocarbonyl (C=S) groups is 1. The van der Waals surface area contributed by atoms with Crippen molar-refractivity contribution in [3.8, 4) is 0 Å². The van der Waals surface area contributed by atoms with Crippen molar-refractivity contribution in [2.45, 2.75) is 0 Å². The van der Waals surface area contributed by atoms with Gasteiger partial charge in [-0.25, -0.2) is 5.73 Å². The molecule has 1 rings (SSSR count). The lowest BCUT2D eigenvalue weighted by atomic mass is 10.2. The van der Waals surface area contributed by atoms with Crippen LogP contribution < -0.4 is 16.4 Å². The normalized spacial score (nSPS) is 9.21. The molecule has 0 aliphatic heterocycles. The van der Waals surface area contributed by atoms with Crippen LogP contribution in [0.25, 0.3) is 0 Å². The third-order valence-corrected chi connectivity index (χ3v) is 1.76. The van der Waals surface area contributed by atoms with Crippen molar-refractivity contribution in [1.29, 1.82) is 0 Å². The van der Waals surface area contributed by atoms with Crippen LogP contribution in [0.15, 0.2) is 30.3 Å².